The maximum Gasteiger partial charge on any atom is 0.128 e. The molecule has 0 saturated carbocycles. The Morgan fingerprint density at radius 1 is 1.33 bits per heavy atom. The van der Waals surface area contributed by atoms with E-state index < -0.39 is 0 Å². The largest absolute Gasteiger partial charge is 0.357 e. The zero-order chi connectivity index (χ0) is 15.8. The van der Waals surface area contributed by atoms with Gasteiger partial charge in [-0.1, -0.05) is 25.4 Å². The second-order valence-electron chi connectivity index (χ2n) is 5.86. The molecule has 0 bridgehead atoms. The first-order chi connectivity index (χ1) is 9.95. The second-order valence-corrected chi connectivity index (χ2v) is 7.26. The summed E-state index contributed by atoms with van der Waals surface area (Å²) in [5.74, 6) is 2.79. The van der Waals surface area contributed by atoms with Gasteiger partial charge in [0.2, 0.25) is 0 Å². The molecule has 1 aromatic rings. The summed E-state index contributed by atoms with van der Waals surface area (Å²) < 4.78 is 0. The maximum atomic E-state index is 6.26. The first kappa shape index (κ1) is 18.6. The van der Waals surface area contributed by atoms with Crippen molar-refractivity contribution in [1.29, 1.82) is 0 Å². The molecule has 0 saturated heterocycles. The molecule has 1 heterocycles. The molecule has 3 nitrogen and oxygen atoms in total. The Bertz CT molecular complexity index is 426. The van der Waals surface area contributed by atoms with E-state index in [4.69, 9.17) is 16.6 Å². The van der Waals surface area contributed by atoms with Crippen molar-refractivity contribution in [1.82, 2.24) is 10.3 Å². The molecule has 0 aliphatic rings. The monoisotopic (exact) mass is 329 g/mol. The van der Waals surface area contributed by atoms with Gasteiger partial charge in [0.05, 0.1) is 10.7 Å². The minimum Gasteiger partial charge on any atom is -0.357 e. The predicted octanol–water partition coefficient (Wildman–Crippen LogP) is 4.06. The van der Waals surface area contributed by atoms with Crippen molar-refractivity contribution in [2.45, 2.75) is 39.8 Å². The van der Waals surface area contributed by atoms with Crippen LogP contribution < -0.4 is 10.2 Å². The van der Waals surface area contributed by atoms with Crippen LogP contribution in [0.5, 0.6) is 0 Å². The number of halogens is 1. The summed E-state index contributed by atoms with van der Waals surface area (Å²) >= 11 is 8.14. The molecule has 0 fully saturated rings. The van der Waals surface area contributed by atoms with Gasteiger partial charge in [0.1, 0.15) is 5.82 Å². The van der Waals surface area contributed by atoms with Gasteiger partial charge in [0.15, 0.2) is 0 Å². The lowest BCUT2D eigenvalue weighted by atomic mass is 10.2. The van der Waals surface area contributed by atoms with Gasteiger partial charge in [-0.3, -0.25) is 0 Å². The lowest BCUT2D eigenvalue weighted by Crippen LogP contribution is -2.30. The summed E-state index contributed by atoms with van der Waals surface area (Å²) in [6.07, 6.45) is 3.30. The lowest BCUT2D eigenvalue weighted by molar-refractivity contribution is 0.548. The molecule has 0 spiro atoms. The number of thioether (sulfide) groups is 1. The molecule has 5 heteroatoms. The Balaban J connectivity index is 2.70. The number of nitrogens with one attached hydrogen (secondary N) is 1. The van der Waals surface area contributed by atoms with Gasteiger partial charge < -0.3 is 10.2 Å². The highest BCUT2D eigenvalue weighted by Gasteiger charge is 2.13. The van der Waals surface area contributed by atoms with E-state index in [1.54, 1.807) is 0 Å². The Morgan fingerprint density at radius 2 is 2.05 bits per heavy atom. The second kappa shape index (κ2) is 9.54. The van der Waals surface area contributed by atoms with Crippen molar-refractivity contribution in [3.63, 3.8) is 0 Å². The van der Waals surface area contributed by atoms with Crippen molar-refractivity contribution in [2.75, 3.05) is 30.5 Å². The number of anilines is 1. The molecule has 1 rings (SSSR count). The van der Waals surface area contributed by atoms with E-state index >= 15 is 0 Å². The number of hydrogen-bond donors (Lipinski definition) is 1. The van der Waals surface area contributed by atoms with Crippen LogP contribution >= 0.6 is 23.4 Å². The topological polar surface area (TPSA) is 28.2 Å². The van der Waals surface area contributed by atoms with E-state index in [0.29, 0.717) is 12.0 Å². The van der Waals surface area contributed by atoms with Gasteiger partial charge in [0.25, 0.3) is 0 Å². The number of hydrogen-bond acceptors (Lipinski definition) is 4. The molecule has 0 radical (unpaired) electrons. The fraction of sp³-hybridized carbons (Fsp3) is 0.688. The number of nitrogens with zero attached hydrogens (tertiary/aromatic N) is 2. The SMILES string of the molecule is CSCCC(C)N(C)c1ccc(Cl)c(CNCC(C)C)n1. The van der Waals surface area contributed by atoms with E-state index in [1.165, 1.54) is 5.75 Å². The van der Waals surface area contributed by atoms with Crippen LogP contribution in [0.15, 0.2) is 12.1 Å². The number of aromatic nitrogens is 1. The molecule has 1 unspecified atom stereocenters. The molecule has 1 aromatic heterocycles. The molecule has 21 heavy (non-hydrogen) atoms. The zero-order valence-electron chi connectivity index (χ0n) is 13.8. The third-order valence-corrected chi connectivity index (χ3v) is 4.50. The Morgan fingerprint density at radius 3 is 2.67 bits per heavy atom. The number of rotatable bonds is 9. The van der Waals surface area contributed by atoms with Crippen LogP contribution in [-0.4, -0.2) is 36.6 Å². The van der Waals surface area contributed by atoms with Crippen LogP contribution in [0, 0.1) is 5.92 Å². The van der Waals surface area contributed by atoms with Gasteiger partial charge in [0, 0.05) is 19.6 Å². The summed E-state index contributed by atoms with van der Waals surface area (Å²) in [6, 6.07) is 4.43. The number of pyridine rings is 1. The van der Waals surface area contributed by atoms with Crippen molar-refractivity contribution in [3.05, 3.63) is 22.8 Å². The van der Waals surface area contributed by atoms with Crippen molar-refractivity contribution in [2.24, 2.45) is 5.92 Å². The standard InChI is InChI=1S/C16H28ClN3S/c1-12(2)10-18-11-15-14(17)6-7-16(19-15)20(4)13(3)8-9-21-5/h6-7,12-13,18H,8-11H2,1-5H3. The van der Waals surface area contributed by atoms with E-state index in [9.17, 15) is 0 Å². The Labute approximate surface area is 138 Å². The predicted molar refractivity (Wildman–Crippen MR) is 96.7 cm³/mol. The Hall–Kier alpha value is -0.450. The summed E-state index contributed by atoms with van der Waals surface area (Å²) in [5, 5.41) is 4.14. The van der Waals surface area contributed by atoms with E-state index in [0.717, 1.165) is 36.0 Å². The van der Waals surface area contributed by atoms with Crippen molar-refractivity contribution < 1.29 is 0 Å². The fourth-order valence-corrected chi connectivity index (χ4v) is 2.73. The normalized spacial score (nSPS) is 12.7. The molecular weight excluding hydrogens is 302 g/mol. The first-order valence-electron chi connectivity index (χ1n) is 7.53. The van der Waals surface area contributed by atoms with E-state index in [1.807, 2.05) is 23.9 Å². The lowest BCUT2D eigenvalue weighted by Gasteiger charge is -2.26. The third kappa shape index (κ3) is 6.45. The molecule has 0 aliphatic heterocycles. The molecular formula is C16H28ClN3S. The highest BCUT2D eigenvalue weighted by Crippen LogP contribution is 2.21. The quantitative estimate of drug-likeness (QED) is 0.739. The van der Waals surface area contributed by atoms with Crippen LogP contribution in [0.2, 0.25) is 5.02 Å². The van der Waals surface area contributed by atoms with Crippen LogP contribution in [0.3, 0.4) is 0 Å². The molecule has 0 amide bonds. The zero-order valence-corrected chi connectivity index (χ0v) is 15.4. The third-order valence-electron chi connectivity index (χ3n) is 3.51. The van der Waals surface area contributed by atoms with E-state index in [-0.39, 0.29) is 0 Å². The van der Waals surface area contributed by atoms with Crippen LogP contribution in [-0.2, 0) is 6.54 Å². The van der Waals surface area contributed by atoms with Gasteiger partial charge in [-0.05, 0) is 49.9 Å². The first-order valence-corrected chi connectivity index (χ1v) is 9.30. The molecule has 0 aliphatic carbocycles. The maximum absolute atomic E-state index is 6.26. The van der Waals surface area contributed by atoms with Crippen molar-refractivity contribution in [3.8, 4) is 0 Å². The molecule has 1 N–H and O–H groups in total. The summed E-state index contributed by atoms with van der Waals surface area (Å²) in [7, 11) is 2.10. The van der Waals surface area contributed by atoms with Gasteiger partial charge in [-0.25, -0.2) is 4.98 Å². The highest BCUT2D eigenvalue weighted by atomic mass is 35.5. The average molecular weight is 330 g/mol. The van der Waals surface area contributed by atoms with Gasteiger partial charge >= 0.3 is 0 Å². The molecule has 0 aromatic carbocycles. The Kier molecular flexibility index (Phi) is 8.45. The minimum atomic E-state index is 0.475. The van der Waals surface area contributed by atoms with Crippen LogP contribution in [0.25, 0.3) is 0 Å². The minimum absolute atomic E-state index is 0.475. The smallest absolute Gasteiger partial charge is 0.128 e. The summed E-state index contributed by atoms with van der Waals surface area (Å²) in [5.41, 5.74) is 0.929. The highest BCUT2D eigenvalue weighted by molar-refractivity contribution is 7.98. The molecule has 1 atom stereocenters. The summed E-state index contributed by atoms with van der Waals surface area (Å²) in [4.78, 5) is 6.96. The average Bonchev–Trinajstić information content (AvgIpc) is 2.45. The fourth-order valence-electron chi connectivity index (χ4n) is 1.98. The van der Waals surface area contributed by atoms with Crippen molar-refractivity contribution >= 4 is 29.2 Å². The molecule has 120 valence electrons. The van der Waals surface area contributed by atoms with Gasteiger partial charge in [-0.2, -0.15) is 11.8 Å². The van der Waals surface area contributed by atoms with Crippen LogP contribution in [0.1, 0.15) is 32.9 Å². The van der Waals surface area contributed by atoms with Gasteiger partial charge in [-0.15, -0.1) is 0 Å². The van der Waals surface area contributed by atoms with E-state index in [2.05, 4.69) is 44.3 Å². The van der Waals surface area contributed by atoms with Crippen LogP contribution in [0.4, 0.5) is 5.82 Å². The summed E-state index contributed by atoms with van der Waals surface area (Å²) in [6.45, 7) is 8.32.